The number of nitrogens with one attached hydrogen (secondary N) is 1. The lowest BCUT2D eigenvalue weighted by Gasteiger charge is -2.28. The maximum Gasteiger partial charge on any atom is 0.410 e. The molecule has 5 rings (SSSR count). The molecule has 210 valence electrons. The SMILES string of the molecule is CC(C)(C)OC(=O)N1CCC[C@H]1C(=O)Nc1cccc(C(c2c(O)c3c(oc2=O)CCCCCC3)C2CC2)c1. The van der Waals surface area contributed by atoms with E-state index in [1.807, 2.05) is 39.0 Å². The van der Waals surface area contributed by atoms with E-state index in [2.05, 4.69) is 5.32 Å². The lowest BCUT2D eigenvalue weighted by atomic mass is 9.85. The monoisotopic (exact) mass is 536 g/mol. The highest BCUT2D eigenvalue weighted by Crippen LogP contribution is 2.49. The molecule has 0 spiro atoms. The quantitative estimate of drug-likeness (QED) is 0.494. The van der Waals surface area contributed by atoms with Crippen molar-refractivity contribution in [3.63, 3.8) is 0 Å². The minimum Gasteiger partial charge on any atom is -0.507 e. The van der Waals surface area contributed by atoms with Gasteiger partial charge in [-0.1, -0.05) is 25.0 Å². The van der Waals surface area contributed by atoms with Crippen LogP contribution in [-0.4, -0.2) is 40.2 Å². The Balaban J connectivity index is 1.40. The van der Waals surface area contributed by atoms with E-state index in [0.29, 0.717) is 42.8 Å². The molecule has 0 radical (unpaired) electrons. The van der Waals surface area contributed by atoms with E-state index in [1.165, 1.54) is 4.90 Å². The molecule has 1 unspecified atom stereocenters. The Hall–Kier alpha value is -3.29. The highest BCUT2D eigenvalue weighted by molar-refractivity contribution is 5.97. The molecule has 0 bridgehead atoms. The summed E-state index contributed by atoms with van der Waals surface area (Å²) in [5.41, 5.74) is 1.47. The van der Waals surface area contributed by atoms with Crippen molar-refractivity contribution in [2.45, 2.75) is 103 Å². The predicted octanol–water partition coefficient (Wildman–Crippen LogP) is 5.88. The Morgan fingerprint density at radius 1 is 1.08 bits per heavy atom. The van der Waals surface area contributed by atoms with Crippen molar-refractivity contribution in [1.29, 1.82) is 0 Å². The van der Waals surface area contributed by atoms with Crippen molar-refractivity contribution >= 4 is 17.7 Å². The van der Waals surface area contributed by atoms with Crippen molar-refractivity contribution in [2.24, 2.45) is 5.92 Å². The minimum absolute atomic E-state index is 0.0912. The summed E-state index contributed by atoms with van der Waals surface area (Å²) in [6.45, 7) is 5.90. The summed E-state index contributed by atoms with van der Waals surface area (Å²) in [6.07, 6.45) is 8.25. The summed E-state index contributed by atoms with van der Waals surface area (Å²) in [5.74, 6) is 0.380. The normalized spacial score (nSPS) is 20.5. The standard InChI is InChI=1S/C31H40N2O6/c1-31(2,3)39-30(37)33-17-9-13-23(33)28(35)32-21-11-8-10-20(18-21)25(19-15-16-19)26-27(34)22-12-6-4-5-7-14-24(22)38-29(26)36/h8,10-11,18-19,23,25,34H,4-7,9,12-17H2,1-3H3,(H,32,35)/t23-,25?/m0/s1. The lowest BCUT2D eigenvalue weighted by molar-refractivity contribution is -0.120. The van der Waals surface area contributed by atoms with Crippen molar-refractivity contribution < 1.29 is 23.8 Å². The number of hydrogen-bond acceptors (Lipinski definition) is 6. The molecule has 1 aromatic heterocycles. The molecular weight excluding hydrogens is 496 g/mol. The van der Waals surface area contributed by atoms with Gasteiger partial charge in [0.25, 0.3) is 0 Å². The second kappa shape index (κ2) is 11.1. The number of aryl methyl sites for hydroxylation is 1. The maximum atomic E-state index is 13.3. The van der Waals surface area contributed by atoms with Crippen LogP contribution in [0.5, 0.6) is 5.75 Å². The van der Waals surface area contributed by atoms with E-state index in [1.54, 1.807) is 6.07 Å². The van der Waals surface area contributed by atoms with Crippen LogP contribution in [0.1, 0.15) is 101 Å². The summed E-state index contributed by atoms with van der Waals surface area (Å²) in [6, 6.07) is 6.88. The number of hydrogen-bond donors (Lipinski definition) is 2. The first-order chi connectivity index (χ1) is 18.6. The minimum atomic E-state index is -0.639. The highest BCUT2D eigenvalue weighted by Gasteiger charge is 2.39. The van der Waals surface area contributed by atoms with E-state index in [-0.39, 0.29) is 23.5 Å². The van der Waals surface area contributed by atoms with Gasteiger partial charge in [-0.15, -0.1) is 0 Å². The molecule has 3 aliphatic rings. The van der Waals surface area contributed by atoms with Gasteiger partial charge in [-0.2, -0.15) is 0 Å². The smallest absolute Gasteiger partial charge is 0.410 e. The van der Waals surface area contributed by atoms with Crippen molar-refractivity contribution in [3.05, 3.63) is 57.1 Å². The van der Waals surface area contributed by atoms with Crippen LogP contribution in [0.15, 0.2) is 33.5 Å². The first kappa shape index (κ1) is 27.3. The molecule has 8 nitrogen and oxygen atoms in total. The van der Waals surface area contributed by atoms with Crippen LogP contribution in [-0.2, 0) is 22.4 Å². The van der Waals surface area contributed by atoms with Crippen molar-refractivity contribution in [2.75, 3.05) is 11.9 Å². The third kappa shape index (κ3) is 6.15. The molecule has 1 saturated heterocycles. The van der Waals surface area contributed by atoms with Crippen molar-refractivity contribution in [1.82, 2.24) is 4.90 Å². The second-order valence-corrected chi connectivity index (χ2v) is 12.2. The first-order valence-electron chi connectivity index (χ1n) is 14.4. The average Bonchev–Trinajstić information content (AvgIpc) is 3.55. The number of amides is 2. The Kier molecular flexibility index (Phi) is 7.74. The third-order valence-electron chi connectivity index (χ3n) is 8.00. The van der Waals surface area contributed by atoms with Crippen LogP contribution in [0, 0.1) is 5.92 Å². The van der Waals surface area contributed by atoms with Crippen LogP contribution in [0.3, 0.4) is 0 Å². The van der Waals surface area contributed by atoms with E-state index in [0.717, 1.165) is 56.1 Å². The van der Waals surface area contributed by atoms with E-state index < -0.39 is 23.4 Å². The molecule has 2 aliphatic carbocycles. The van der Waals surface area contributed by atoms with Gasteiger partial charge in [-0.05, 0) is 89.3 Å². The van der Waals surface area contributed by atoms with E-state index >= 15 is 0 Å². The summed E-state index contributed by atoms with van der Waals surface area (Å²) in [7, 11) is 0. The van der Waals surface area contributed by atoms with E-state index in [4.69, 9.17) is 9.15 Å². The number of carbonyl (C=O) groups is 2. The number of carbonyl (C=O) groups excluding carboxylic acids is 2. The predicted molar refractivity (Wildman–Crippen MR) is 148 cm³/mol. The second-order valence-electron chi connectivity index (χ2n) is 12.2. The maximum absolute atomic E-state index is 13.3. The molecule has 2 N–H and O–H groups in total. The van der Waals surface area contributed by atoms with Gasteiger partial charge < -0.3 is 19.6 Å². The summed E-state index contributed by atoms with van der Waals surface area (Å²) in [5, 5.41) is 14.4. The van der Waals surface area contributed by atoms with Gasteiger partial charge in [-0.25, -0.2) is 9.59 Å². The molecule has 1 aromatic carbocycles. The van der Waals surface area contributed by atoms with Gasteiger partial charge in [0, 0.05) is 30.1 Å². The van der Waals surface area contributed by atoms with Gasteiger partial charge in [0.2, 0.25) is 5.91 Å². The lowest BCUT2D eigenvalue weighted by Crippen LogP contribution is -2.45. The molecule has 2 aromatic rings. The molecule has 2 amide bonds. The summed E-state index contributed by atoms with van der Waals surface area (Å²) < 4.78 is 11.3. The number of ether oxygens (including phenoxy) is 1. The molecule has 1 aliphatic heterocycles. The molecule has 2 heterocycles. The van der Waals surface area contributed by atoms with Gasteiger partial charge >= 0.3 is 11.7 Å². The molecule has 8 heteroatoms. The van der Waals surface area contributed by atoms with Gasteiger partial charge in [0.05, 0.1) is 5.56 Å². The van der Waals surface area contributed by atoms with Crippen LogP contribution in [0.4, 0.5) is 10.5 Å². The molecule has 39 heavy (non-hydrogen) atoms. The fourth-order valence-corrected chi connectivity index (χ4v) is 6.01. The number of likely N-dealkylation sites (tertiary alicyclic amines) is 1. The fraction of sp³-hybridized carbons (Fsp3) is 0.581. The highest BCUT2D eigenvalue weighted by atomic mass is 16.6. The Labute approximate surface area is 229 Å². The number of rotatable bonds is 5. The number of benzene rings is 1. The summed E-state index contributed by atoms with van der Waals surface area (Å²) in [4.78, 5) is 40.7. The Bertz CT molecular complexity index is 1290. The zero-order chi connectivity index (χ0) is 27.7. The van der Waals surface area contributed by atoms with Crippen LogP contribution >= 0.6 is 0 Å². The Morgan fingerprint density at radius 2 is 1.82 bits per heavy atom. The zero-order valence-electron chi connectivity index (χ0n) is 23.3. The topological polar surface area (TPSA) is 109 Å². The number of nitrogens with zero attached hydrogens (tertiary/aromatic N) is 1. The van der Waals surface area contributed by atoms with Gasteiger partial charge in [0.1, 0.15) is 23.2 Å². The fourth-order valence-electron chi connectivity index (χ4n) is 6.01. The third-order valence-corrected chi connectivity index (χ3v) is 8.00. The molecule has 2 atom stereocenters. The van der Waals surface area contributed by atoms with E-state index in [9.17, 15) is 19.5 Å². The van der Waals surface area contributed by atoms with Gasteiger partial charge in [-0.3, -0.25) is 9.69 Å². The Morgan fingerprint density at radius 3 is 2.54 bits per heavy atom. The number of anilines is 1. The number of aromatic hydroxyl groups is 1. The summed E-state index contributed by atoms with van der Waals surface area (Å²) >= 11 is 0. The van der Waals surface area contributed by atoms with Crippen molar-refractivity contribution in [3.8, 4) is 5.75 Å². The molecule has 2 fully saturated rings. The largest absolute Gasteiger partial charge is 0.507 e. The van der Waals surface area contributed by atoms with Crippen LogP contribution < -0.4 is 10.9 Å². The molecule has 1 saturated carbocycles. The zero-order valence-corrected chi connectivity index (χ0v) is 23.3. The number of fused-ring (bicyclic) bond motifs is 1. The molecular formula is C31H40N2O6. The van der Waals surface area contributed by atoms with Gasteiger partial charge in [0.15, 0.2) is 0 Å². The van der Waals surface area contributed by atoms with Crippen LogP contribution in [0.2, 0.25) is 0 Å². The first-order valence-corrected chi connectivity index (χ1v) is 14.4. The average molecular weight is 537 g/mol. The van der Waals surface area contributed by atoms with Crippen LogP contribution in [0.25, 0.3) is 0 Å².